The van der Waals surface area contributed by atoms with Crippen LogP contribution in [0.2, 0.25) is 10.0 Å². The van der Waals surface area contributed by atoms with E-state index in [9.17, 15) is 9.18 Å². The lowest BCUT2D eigenvalue weighted by atomic mass is 9.88. The maximum absolute atomic E-state index is 14.8. The van der Waals surface area contributed by atoms with E-state index < -0.39 is 17.6 Å². The van der Waals surface area contributed by atoms with Crippen molar-refractivity contribution in [3.63, 3.8) is 0 Å². The van der Waals surface area contributed by atoms with Gasteiger partial charge in [0.1, 0.15) is 11.6 Å². The molecule has 0 amide bonds. The number of carbonyl (C=O) groups is 1. The average molecular weight is 623 g/mol. The van der Waals surface area contributed by atoms with Gasteiger partial charge in [0.05, 0.1) is 24.0 Å². The molecule has 1 aromatic heterocycles. The summed E-state index contributed by atoms with van der Waals surface area (Å²) < 4.78 is 29.3. The molecular formula is C33H30Cl2FN3O4. The Hall–Kier alpha value is -3.85. The number of hydrogen-bond acceptors (Lipinski definition) is 5. The molecule has 1 saturated heterocycles. The summed E-state index contributed by atoms with van der Waals surface area (Å²) in [5.41, 5.74) is 3.06. The minimum Gasteiger partial charge on any atom is -0.478 e. The summed E-state index contributed by atoms with van der Waals surface area (Å²) in [7, 11) is 0. The van der Waals surface area contributed by atoms with Crippen molar-refractivity contribution in [2.45, 2.75) is 44.6 Å². The topological polar surface area (TPSA) is 76.8 Å². The second kappa shape index (κ2) is 12.0. The third-order valence-electron chi connectivity index (χ3n) is 8.02. The van der Waals surface area contributed by atoms with Gasteiger partial charge in [-0.05, 0) is 79.9 Å². The van der Waals surface area contributed by atoms with Crippen molar-refractivity contribution in [2.24, 2.45) is 0 Å². The Bertz CT molecular complexity index is 1700. The molecule has 0 aliphatic carbocycles. The summed E-state index contributed by atoms with van der Waals surface area (Å²) in [5, 5.41) is 10.1. The fraction of sp³-hybridized carbons (Fsp3) is 0.273. The maximum atomic E-state index is 14.8. The predicted molar refractivity (Wildman–Crippen MR) is 163 cm³/mol. The number of carboxylic acids is 1. The molecule has 10 heteroatoms. The summed E-state index contributed by atoms with van der Waals surface area (Å²) in [6, 6.07) is 18.0. The highest BCUT2D eigenvalue weighted by atomic mass is 35.5. The molecule has 1 fully saturated rings. The van der Waals surface area contributed by atoms with Gasteiger partial charge in [-0.2, -0.15) is 0 Å². The van der Waals surface area contributed by atoms with Crippen LogP contribution in [0.25, 0.3) is 6.08 Å². The number of halogens is 3. The average Bonchev–Trinajstić information content (AvgIpc) is 3.52. The molecular weight excluding hydrogens is 592 g/mol. The molecule has 4 aromatic rings. The Morgan fingerprint density at radius 1 is 1.07 bits per heavy atom. The number of benzene rings is 3. The number of fused-ring (bicyclic) bond motifs is 1. The van der Waals surface area contributed by atoms with Gasteiger partial charge in [0.25, 0.3) is 5.79 Å². The highest BCUT2D eigenvalue weighted by Gasteiger charge is 2.43. The van der Waals surface area contributed by atoms with Gasteiger partial charge < -0.3 is 19.1 Å². The largest absolute Gasteiger partial charge is 0.478 e. The zero-order valence-corrected chi connectivity index (χ0v) is 25.0. The Kier molecular flexibility index (Phi) is 8.18. The number of imidazole rings is 1. The molecule has 2 aliphatic heterocycles. The van der Waals surface area contributed by atoms with E-state index in [0.717, 1.165) is 49.0 Å². The van der Waals surface area contributed by atoms with Crippen molar-refractivity contribution in [3.8, 4) is 11.5 Å². The van der Waals surface area contributed by atoms with Crippen molar-refractivity contribution >= 4 is 35.2 Å². The van der Waals surface area contributed by atoms with Crippen molar-refractivity contribution in [3.05, 3.63) is 117 Å². The van der Waals surface area contributed by atoms with E-state index in [-0.39, 0.29) is 5.92 Å². The number of nitrogens with zero attached hydrogens (tertiary/aromatic N) is 3. The van der Waals surface area contributed by atoms with Crippen LogP contribution in [-0.2, 0) is 23.7 Å². The number of piperidine rings is 1. The monoisotopic (exact) mass is 621 g/mol. The molecule has 3 aromatic carbocycles. The third-order valence-corrected chi connectivity index (χ3v) is 8.49. The smallest absolute Gasteiger partial charge is 0.328 e. The normalized spacial score (nSPS) is 18.9. The van der Waals surface area contributed by atoms with Crippen LogP contribution >= 0.6 is 23.2 Å². The van der Waals surface area contributed by atoms with Crippen LogP contribution in [0.15, 0.2) is 72.9 Å². The molecule has 0 radical (unpaired) electrons. The number of aliphatic carboxylic acids is 1. The van der Waals surface area contributed by atoms with Gasteiger partial charge in [-0.3, -0.25) is 4.90 Å². The first kappa shape index (κ1) is 29.2. The lowest BCUT2D eigenvalue weighted by Crippen LogP contribution is -2.34. The van der Waals surface area contributed by atoms with Gasteiger partial charge in [0, 0.05) is 35.2 Å². The van der Waals surface area contributed by atoms with Crippen molar-refractivity contribution in [1.82, 2.24) is 14.5 Å². The summed E-state index contributed by atoms with van der Waals surface area (Å²) >= 11 is 12.2. The van der Waals surface area contributed by atoms with Crippen molar-refractivity contribution in [1.29, 1.82) is 0 Å². The van der Waals surface area contributed by atoms with Crippen LogP contribution in [-0.4, -0.2) is 38.6 Å². The van der Waals surface area contributed by atoms with E-state index in [4.69, 9.17) is 37.8 Å². The van der Waals surface area contributed by atoms with Gasteiger partial charge in [-0.15, -0.1) is 0 Å². The molecule has 1 unspecified atom stereocenters. The number of ether oxygens (including phenoxy) is 2. The van der Waals surface area contributed by atoms with E-state index in [1.807, 2.05) is 41.0 Å². The minimum atomic E-state index is -1.29. The van der Waals surface area contributed by atoms with Crippen molar-refractivity contribution < 1.29 is 23.8 Å². The molecule has 0 spiro atoms. The Morgan fingerprint density at radius 3 is 2.58 bits per heavy atom. The summed E-state index contributed by atoms with van der Waals surface area (Å²) in [6.45, 7) is 4.53. The summed E-state index contributed by atoms with van der Waals surface area (Å²) in [4.78, 5) is 18.2. The second-order valence-electron chi connectivity index (χ2n) is 11.0. The number of hydrogen-bond donors (Lipinski definition) is 1. The fourth-order valence-corrected chi connectivity index (χ4v) is 6.26. The standard InChI is InChI=1S/C33H30Cl2FN3O4/c1-33(27-10-8-24(35)17-28(27)36)42-29-7-3-6-26(32(29)43-33)22-12-14-38(15-13-22)20-30-37-18-25(9-11-31(40)41)39(30)19-21-4-2-5-23(34)16-21/h2-11,16-18,22H,12-15,19-20H2,1H3,(H,40,41)/b11-9+. The number of aromatic nitrogens is 2. The number of rotatable bonds is 8. The first-order valence-corrected chi connectivity index (χ1v) is 14.8. The molecule has 0 saturated carbocycles. The zero-order valence-electron chi connectivity index (χ0n) is 23.5. The number of carboxylic acid groups (broad SMARTS) is 1. The van der Waals surface area contributed by atoms with Crippen LogP contribution in [0.1, 0.15) is 53.9 Å². The fourth-order valence-electron chi connectivity index (χ4n) is 5.88. The molecule has 3 heterocycles. The Labute approximate surface area is 259 Å². The van der Waals surface area contributed by atoms with Gasteiger partial charge in [-0.25, -0.2) is 14.2 Å². The lowest BCUT2D eigenvalue weighted by Gasteiger charge is -2.32. The Balaban J connectivity index is 1.16. The Morgan fingerprint density at radius 2 is 1.84 bits per heavy atom. The molecule has 1 N–H and O–H groups in total. The number of likely N-dealkylation sites (tertiary alicyclic amines) is 1. The van der Waals surface area contributed by atoms with Crippen molar-refractivity contribution in [2.75, 3.05) is 13.1 Å². The highest BCUT2D eigenvalue weighted by Crippen LogP contribution is 2.49. The van der Waals surface area contributed by atoms with E-state index in [0.29, 0.717) is 45.9 Å². The molecule has 222 valence electrons. The summed E-state index contributed by atoms with van der Waals surface area (Å²) in [6.07, 6.45) is 6.19. The van der Waals surface area contributed by atoms with Crippen LogP contribution in [0.5, 0.6) is 11.5 Å². The second-order valence-corrected chi connectivity index (χ2v) is 11.9. The SMILES string of the molecule is CC1(c2ccc(Cl)cc2F)Oc2cccc(C3CCN(Cc4ncc(/C=C/C(=O)O)n4Cc4cccc(Cl)c4)CC3)c2O1. The number of para-hydroxylation sites is 1. The van der Waals surface area contributed by atoms with Gasteiger partial charge in [-0.1, -0.05) is 47.5 Å². The summed E-state index contributed by atoms with van der Waals surface area (Å²) in [5.74, 6) is -0.436. The molecule has 2 aliphatic rings. The molecule has 6 rings (SSSR count). The minimum absolute atomic E-state index is 0.243. The molecule has 43 heavy (non-hydrogen) atoms. The maximum Gasteiger partial charge on any atom is 0.328 e. The van der Waals surface area contributed by atoms with E-state index in [2.05, 4.69) is 16.0 Å². The van der Waals surface area contributed by atoms with E-state index >= 15 is 0 Å². The third kappa shape index (κ3) is 6.27. The molecule has 1 atom stereocenters. The van der Waals surface area contributed by atoms with Crippen LogP contribution in [0.4, 0.5) is 4.39 Å². The van der Waals surface area contributed by atoms with Crippen LogP contribution in [0.3, 0.4) is 0 Å². The first-order chi connectivity index (χ1) is 20.7. The van der Waals surface area contributed by atoms with Gasteiger partial charge in [0.15, 0.2) is 11.5 Å². The molecule has 7 nitrogen and oxygen atoms in total. The van der Waals surface area contributed by atoms with Crippen LogP contribution in [0, 0.1) is 5.82 Å². The van der Waals surface area contributed by atoms with Gasteiger partial charge >= 0.3 is 5.97 Å². The van der Waals surface area contributed by atoms with E-state index in [1.54, 1.807) is 31.3 Å². The van der Waals surface area contributed by atoms with Gasteiger partial charge in [0.2, 0.25) is 0 Å². The van der Waals surface area contributed by atoms with E-state index in [1.165, 1.54) is 6.07 Å². The quantitative estimate of drug-likeness (QED) is 0.205. The molecule has 0 bridgehead atoms. The highest BCUT2D eigenvalue weighted by molar-refractivity contribution is 6.30. The lowest BCUT2D eigenvalue weighted by molar-refractivity contribution is -0.131. The first-order valence-electron chi connectivity index (χ1n) is 14.1. The zero-order chi connectivity index (χ0) is 30.1. The predicted octanol–water partition coefficient (Wildman–Crippen LogP) is 7.50. The van der Waals surface area contributed by atoms with Crippen LogP contribution < -0.4 is 9.47 Å².